The van der Waals surface area contributed by atoms with Gasteiger partial charge in [0.1, 0.15) is 0 Å². The van der Waals surface area contributed by atoms with Crippen LogP contribution in [0.15, 0.2) is 78.6 Å². The Morgan fingerprint density at radius 3 is 2.15 bits per heavy atom. The predicted molar refractivity (Wildman–Crippen MR) is 103 cm³/mol. The number of ketones is 1. The van der Waals surface area contributed by atoms with Crippen molar-refractivity contribution in [1.82, 2.24) is 9.97 Å². The highest BCUT2D eigenvalue weighted by Gasteiger charge is 2.11. The minimum atomic E-state index is -0.386. The lowest BCUT2D eigenvalue weighted by Crippen LogP contribution is -2.07. The summed E-state index contributed by atoms with van der Waals surface area (Å²) in [6.07, 6.45) is 1.44. The van der Waals surface area contributed by atoms with Gasteiger partial charge in [-0.25, -0.2) is 4.98 Å². The van der Waals surface area contributed by atoms with E-state index in [0.717, 1.165) is 21.8 Å². The molecule has 0 bridgehead atoms. The Morgan fingerprint density at radius 2 is 1.42 bits per heavy atom. The van der Waals surface area contributed by atoms with Gasteiger partial charge in [-0.1, -0.05) is 48.5 Å². The van der Waals surface area contributed by atoms with Gasteiger partial charge in [0.25, 0.3) is 0 Å². The minimum Gasteiger partial charge on any atom is -0.504 e. The van der Waals surface area contributed by atoms with E-state index in [0.29, 0.717) is 11.4 Å². The van der Waals surface area contributed by atoms with Crippen LogP contribution in [0.25, 0.3) is 27.9 Å². The molecular formula is C22H16N2O2. The van der Waals surface area contributed by atoms with Crippen LogP contribution >= 0.6 is 0 Å². The van der Waals surface area contributed by atoms with Gasteiger partial charge in [-0.2, -0.15) is 0 Å². The summed E-state index contributed by atoms with van der Waals surface area (Å²) in [6, 6.07) is 22.8. The number of Topliss-reactive ketones (excluding diaryl/α,β-unsaturated/α-hetero) is 1. The van der Waals surface area contributed by atoms with Crippen LogP contribution in [-0.4, -0.2) is 20.9 Å². The summed E-state index contributed by atoms with van der Waals surface area (Å²) in [5, 5.41) is 12.2. The summed E-state index contributed by atoms with van der Waals surface area (Å²) in [7, 11) is 0. The number of allylic oxidation sites excluding steroid dienone is 1. The fourth-order valence-corrected chi connectivity index (χ4v) is 2.84. The molecule has 0 atom stereocenters. The number of aliphatic hydroxyl groups is 1. The standard InChI is InChI=1S/C22H16N2O2/c25-21(13-17-11-9-15-5-1-3-7-19(15)23-17)22(26)14-18-12-10-16-6-2-4-8-20(16)24-18/h1-13,25H,14H2/b21-13-. The Balaban J connectivity index is 1.56. The molecular weight excluding hydrogens is 324 g/mol. The Morgan fingerprint density at radius 1 is 0.808 bits per heavy atom. The molecule has 2 aromatic heterocycles. The summed E-state index contributed by atoms with van der Waals surface area (Å²) >= 11 is 0. The van der Waals surface area contributed by atoms with Crippen LogP contribution < -0.4 is 0 Å². The summed E-state index contributed by atoms with van der Waals surface area (Å²) in [5.74, 6) is -0.703. The summed E-state index contributed by atoms with van der Waals surface area (Å²) in [6.45, 7) is 0. The molecule has 26 heavy (non-hydrogen) atoms. The van der Waals surface area contributed by atoms with Gasteiger partial charge >= 0.3 is 0 Å². The number of aliphatic hydroxyl groups excluding tert-OH is 1. The average Bonchev–Trinajstić information content (AvgIpc) is 2.67. The second kappa shape index (κ2) is 6.76. The number of rotatable bonds is 4. The fourth-order valence-electron chi connectivity index (χ4n) is 2.84. The van der Waals surface area contributed by atoms with Crippen molar-refractivity contribution < 1.29 is 9.90 Å². The monoisotopic (exact) mass is 340 g/mol. The van der Waals surface area contributed by atoms with Gasteiger partial charge in [-0.05, 0) is 24.3 Å². The number of nitrogens with zero attached hydrogens (tertiary/aromatic N) is 2. The van der Waals surface area contributed by atoms with Crippen molar-refractivity contribution in [3.63, 3.8) is 0 Å². The van der Waals surface area contributed by atoms with Crippen molar-refractivity contribution in [3.05, 3.63) is 89.9 Å². The van der Waals surface area contributed by atoms with Gasteiger partial charge in [0.2, 0.25) is 5.78 Å². The molecule has 0 amide bonds. The lowest BCUT2D eigenvalue weighted by atomic mass is 10.1. The first-order valence-electron chi connectivity index (χ1n) is 8.33. The van der Waals surface area contributed by atoms with Crippen molar-refractivity contribution >= 4 is 33.7 Å². The lowest BCUT2D eigenvalue weighted by molar-refractivity contribution is -0.117. The molecule has 4 rings (SSSR count). The molecule has 0 spiro atoms. The normalized spacial score (nSPS) is 11.8. The van der Waals surface area contributed by atoms with Crippen molar-refractivity contribution in [2.75, 3.05) is 0 Å². The minimum absolute atomic E-state index is 0.0424. The van der Waals surface area contributed by atoms with E-state index in [1.807, 2.05) is 66.7 Å². The first kappa shape index (κ1) is 16.0. The lowest BCUT2D eigenvalue weighted by Gasteiger charge is -2.03. The SMILES string of the molecule is O=C(Cc1ccc2ccccc2n1)/C(O)=C/c1ccc2ccccc2n1. The topological polar surface area (TPSA) is 63.1 Å². The van der Waals surface area contributed by atoms with Crippen molar-refractivity contribution in [2.24, 2.45) is 0 Å². The number of hydrogen-bond donors (Lipinski definition) is 1. The summed E-state index contributed by atoms with van der Waals surface area (Å²) in [5.41, 5.74) is 2.82. The molecule has 2 heterocycles. The Hall–Kier alpha value is -3.53. The number of pyridine rings is 2. The van der Waals surface area contributed by atoms with E-state index in [-0.39, 0.29) is 18.0 Å². The Labute approximate surface area is 150 Å². The third kappa shape index (κ3) is 3.30. The fraction of sp³-hybridized carbons (Fsp3) is 0.0455. The van der Waals surface area contributed by atoms with Crippen LogP contribution in [0.5, 0.6) is 0 Å². The Kier molecular flexibility index (Phi) is 4.15. The van der Waals surface area contributed by atoms with Crippen LogP contribution in [0, 0.1) is 0 Å². The summed E-state index contributed by atoms with van der Waals surface area (Å²) < 4.78 is 0. The number of benzene rings is 2. The van der Waals surface area contributed by atoms with E-state index >= 15 is 0 Å². The van der Waals surface area contributed by atoms with Crippen LogP contribution in [0.4, 0.5) is 0 Å². The van der Waals surface area contributed by atoms with E-state index in [1.54, 1.807) is 6.07 Å². The number of carbonyl (C=O) groups excluding carboxylic acids is 1. The third-order valence-corrected chi connectivity index (χ3v) is 4.19. The maximum absolute atomic E-state index is 12.3. The van der Waals surface area contributed by atoms with Crippen LogP contribution in [0.3, 0.4) is 0 Å². The number of carbonyl (C=O) groups is 1. The molecule has 0 aliphatic rings. The molecule has 0 saturated heterocycles. The zero-order chi connectivity index (χ0) is 17.9. The molecule has 0 fully saturated rings. The maximum atomic E-state index is 12.3. The molecule has 2 aromatic carbocycles. The predicted octanol–water partition coefficient (Wildman–Crippen LogP) is 4.49. The molecule has 0 saturated carbocycles. The molecule has 0 aliphatic carbocycles. The van der Waals surface area contributed by atoms with E-state index < -0.39 is 0 Å². The van der Waals surface area contributed by atoms with E-state index in [2.05, 4.69) is 9.97 Å². The molecule has 1 N–H and O–H groups in total. The highest BCUT2D eigenvalue weighted by molar-refractivity contribution is 5.98. The second-order valence-electron chi connectivity index (χ2n) is 6.05. The van der Waals surface area contributed by atoms with Crippen LogP contribution in [-0.2, 0) is 11.2 Å². The van der Waals surface area contributed by atoms with E-state index in [1.165, 1.54) is 6.08 Å². The van der Waals surface area contributed by atoms with Crippen LogP contribution in [0.1, 0.15) is 11.4 Å². The zero-order valence-corrected chi connectivity index (χ0v) is 14.0. The molecule has 126 valence electrons. The van der Waals surface area contributed by atoms with Crippen LogP contribution in [0.2, 0.25) is 0 Å². The van der Waals surface area contributed by atoms with Crippen molar-refractivity contribution in [2.45, 2.75) is 6.42 Å². The number of para-hydroxylation sites is 2. The quantitative estimate of drug-likeness (QED) is 0.439. The molecule has 0 unspecified atom stereocenters. The van der Waals surface area contributed by atoms with E-state index in [9.17, 15) is 9.90 Å². The molecule has 0 radical (unpaired) electrons. The Bertz CT molecular complexity index is 1150. The van der Waals surface area contributed by atoms with Gasteiger partial charge in [-0.3, -0.25) is 9.78 Å². The molecule has 0 aliphatic heterocycles. The smallest absolute Gasteiger partial charge is 0.203 e. The largest absolute Gasteiger partial charge is 0.504 e. The van der Waals surface area contributed by atoms with Gasteiger partial charge in [-0.15, -0.1) is 0 Å². The highest BCUT2D eigenvalue weighted by Crippen LogP contribution is 2.15. The van der Waals surface area contributed by atoms with Gasteiger partial charge in [0.15, 0.2) is 5.76 Å². The van der Waals surface area contributed by atoms with Crippen molar-refractivity contribution in [3.8, 4) is 0 Å². The molecule has 4 heteroatoms. The van der Waals surface area contributed by atoms with Gasteiger partial charge in [0, 0.05) is 22.5 Å². The van der Waals surface area contributed by atoms with Gasteiger partial charge < -0.3 is 5.11 Å². The highest BCUT2D eigenvalue weighted by atomic mass is 16.3. The maximum Gasteiger partial charge on any atom is 0.203 e. The number of aromatic nitrogens is 2. The molecule has 4 nitrogen and oxygen atoms in total. The number of hydrogen-bond acceptors (Lipinski definition) is 4. The summed E-state index contributed by atoms with van der Waals surface area (Å²) in [4.78, 5) is 21.2. The first-order chi connectivity index (χ1) is 12.7. The number of fused-ring (bicyclic) bond motifs is 2. The van der Waals surface area contributed by atoms with Gasteiger partial charge in [0.05, 0.1) is 23.1 Å². The first-order valence-corrected chi connectivity index (χ1v) is 8.33. The van der Waals surface area contributed by atoms with Crippen molar-refractivity contribution in [1.29, 1.82) is 0 Å². The van der Waals surface area contributed by atoms with E-state index in [4.69, 9.17) is 0 Å². The second-order valence-corrected chi connectivity index (χ2v) is 6.05. The average molecular weight is 340 g/mol. The third-order valence-electron chi connectivity index (χ3n) is 4.19. The molecule has 4 aromatic rings. The zero-order valence-electron chi connectivity index (χ0n) is 14.0.